The van der Waals surface area contributed by atoms with Gasteiger partial charge in [-0.25, -0.2) is 0 Å². The largest absolute Gasteiger partial charge is 0.493 e. The van der Waals surface area contributed by atoms with Crippen LogP contribution in [0.15, 0.2) is 17.2 Å². The third-order valence-electron chi connectivity index (χ3n) is 5.81. The zero-order valence-electron chi connectivity index (χ0n) is 18.8. The molecule has 1 fully saturated rings. The topological polar surface area (TPSA) is 90.8 Å². The van der Waals surface area contributed by atoms with E-state index in [4.69, 9.17) is 15.0 Å². The van der Waals surface area contributed by atoms with Gasteiger partial charge >= 0.3 is 0 Å². The number of carbonyl (C=O) groups is 1. The summed E-state index contributed by atoms with van der Waals surface area (Å²) >= 11 is 0. The fraction of sp³-hybridized carbons (Fsp3) is 0.682. The Hall–Kier alpha value is -2.44. The zero-order valence-corrected chi connectivity index (χ0v) is 18.8. The molecule has 1 aromatic carbocycles. The Balaban J connectivity index is 2.13. The Kier molecular flexibility index (Phi) is 9.77. The first kappa shape index (κ1) is 23.8. The number of rotatable bonds is 12. The highest BCUT2D eigenvalue weighted by molar-refractivity contribution is 5.98. The molecule has 0 bridgehead atoms. The summed E-state index contributed by atoms with van der Waals surface area (Å²) in [6, 6.07) is 3.91. The second-order valence-corrected chi connectivity index (χ2v) is 7.67. The normalized spacial score (nSPS) is 16.2. The average Bonchev–Trinajstić information content (AvgIpc) is 3.25. The molecule has 30 heavy (non-hydrogen) atoms. The van der Waals surface area contributed by atoms with Crippen LogP contribution < -0.4 is 9.47 Å². The van der Waals surface area contributed by atoms with Crippen molar-refractivity contribution in [3.05, 3.63) is 33.7 Å². The lowest BCUT2D eigenvalue weighted by atomic mass is 10.0. The number of aryl methyl sites for hydroxylation is 1. The van der Waals surface area contributed by atoms with Gasteiger partial charge in [0.25, 0.3) is 5.91 Å². The highest BCUT2D eigenvalue weighted by Crippen LogP contribution is 2.35. The van der Waals surface area contributed by atoms with E-state index in [1.807, 2.05) is 24.1 Å². The number of hydrogen-bond donors (Lipinski definition) is 0. The minimum absolute atomic E-state index is 0.0354. The van der Waals surface area contributed by atoms with Crippen molar-refractivity contribution >= 4 is 5.91 Å². The molecule has 8 heteroatoms. The molecule has 1 amide bonds. The molecule has 1 unspecified atom stereocenters. The molecular formula is C22H35N5O3. The summed E-state index contributed by atoms with van der Waals surface area (Å²) in [6.45, 7) is 4.64. The molecule has 1 aliphatic rings. The molecule has 8 nitrogen and oxygen atoms in total. The lowest BCUT2D eigenvalue weighted by molar-refractivity contribution is 0.0543. The van der Waals surface area contributed by atoms with Gasteiger partial charge in [0.05, 0.1) is 25.9 Å². The minimum atomic E-state index is -0.0354. The summed E-state index contributed by atoms with van der Waals surface area (Å²) < 4.78 is 11.1. The first-order valence-corrected chi connectivity index (χ1v) is 10.8. The van der Waals surface area contributed by atoms with Crippen LogP contribution in [-0.2, 0) is 6.42 Å². The Labute approximate surface area is 179 Å². The van der Waals surface area contributed by atoms with Gasteiger partial charge in [0.1, 0.15) is 0 Å². The maximum Gasteiger partial charge on any atom is 0.258 e. The van der Waals surface area contributed by atoms with E-state index in [0.717, 1.165) is 63.6 Å². The number of nitrogens with zero attached hydrogens (tertiary/aromatic N) is 5. The molecule has 0 spiro atoms. The van der Waals surface area contributed by atoms with Crippen molar-refractivity contribution in [1.82, 2.24) is 9.80 Å². The van der Waals surface area contributed by atoms with E-state index >= 15 is 0 Å². The van der Waals surface area contributed by atoms with Crippen molar-refractivity contribution < 1.29 is 14.3 Å². The van der Waals surface area contributed by atoms with Gasteiger partial charge in [-0.3, -0.25) is 9.69 Å². The van der Waals surface area contributed by atoms with Crippen molar-refractivity contribution in [2.24, 2.45) is 5.11 Å². The quantitative estimate of drug-likeness (QED) is 0.215. The van der Waals surface area contributed by atoms with Crippen LogP contribution in [0.5, 0.6) is 11.5 Å². The first-order chi connectivity index (χ1) is 14.6. The van der Waals surface area contributed by atoms with Crippen LogP contribution in [-0.4, -0.2) is 62.8 Å². The van der Waals surface area contributed by atoms with Gasteiger partial charge in [0.2, 0.25) is 0 Å². The number of hydrogen-bond acceptors (Lipinski definition) is 5. The fourth-order valence-electron chi connectivity index (χ4n) is 4.18. The Morgan fingerprint density at radius 1 is 1.27 bits per heavy atom. The average molecular weight is 418 g/mol. The van der Waals surface area contributed by atoms with Crippen molar-refractivity contribution in [1.29, 1.82) is 0 Å². The Bertz CT molecular complexity index is 749. The molecule has 1 aliphatic heterocycles. The lowest BCUT2D eigenvalue weighted by Crippen LogP contribution is -2.45. The summed E-state index contributed by atoms with van der Waals surface area (Å²) in [5.74, 6) is 1.05. The second kappa shape index (κ2) is 12.3. The number of benzene rings is 1. The van der Waals surface area contributed by atoms with Crippen LogP contribution in [0.1, 0.15) is 61.4 Å². The third-order valence-corrected chi connectivity index (χ3v) is 5.81. The van der Waals surface area contributed by atoms with Crippen molar-refractivity contribution in [2.45, 2.75) is 58.0 Å². The van der Waals surface area contributed by atoms with Gasteiger partial charge < -0.3 is 14.4 Å². The SMILES string of the molecule is CCN1CCCC1N(C)C(=O)c1cc(CCCCCCN=[N+]=[N-])cc(OC)c1OC. The van der Waals surface area contributed by atoms with E-state index in [2.05, 4.69) is 21.8 Å². The number of methoxy groups -OCH3 is 2. The van der Waals surface area contributed by atoms with Crippen molar-refractivity contribution in [3.63, 3.8) is 0 Å². The van der Waals surface area contributed by atoms with Crippen molar-refractivity contribution in [2.75, 3.05) is 40.9 Å². The fourth-order valence-corrected chi connectivity index (χ4v) is 4.18. The molecule has 1 heterocycles. The van der Waals surface area contributed by atoms with Gasteiger partial charge in [-0.05, 0) is 61.9 Å². The molecule has 2 rings (SSSR count). The summed E-state index contributed by atoms with van der Waals surface area (Å²) in [7, 11) is 5.06. The highest BCUT2D eigenvalue weighted by atomic mass is 16.5. The standard InChI is InChI=1S/C22H35N5O3/c1-5-27-14-10-12-20(27)26(2)22(28)18-15-17(16-19(29-3)21(18)30-4)11-8-6-7-9-13-24-25-23/h15-16,20H,5-14H2,1-4H3. The van der Waals surface area contributed by atoms with Gasteiger partial charge in [0, 0.05) is 25.0 Å². The van der Waals surface area contributed by atoms with Crippen LogP contribution in [0.2, 0.25) is 0 Å². The predicted octanol–water partition coefficient (Wildman–Crippen LogP) is 4.63. The molecule has 0 saturated carbocycles. The smallest absolute Gasteiger partial charge is 0.258 e. The maximum absolute atomic E-state index is 13.4. The number of amides is 1. The molecule has 0 radical (unpaired) electrons. The van der Waals surface area contributed by atoms with Crippen molar-refractivity contribution in [3.8, 4) is 11.5 Å². The van der Waals surface area contributed by atoms with Gasteiger partial charge in [-0.2, -0.15) is 0 Å². The van der Waals surface area contributed by atoms with E-state index in [1.165, 1.54) is 0 Å². The Morgan fingerprint density at radius 2 is 2.03 bits per heavy atom. The number of carbonyl (C=O) groups excluding carboxylic acids is 1. The van der Waals surface area contributed by atoms with E-state index in [0.29, 0.717) is 23.6 Å². The summed E-state index contributed by atoms with van der Waals surface area (Å²) in [5.41, 5.74) is 9.94. The van der Waals surface area contributed by atoms with Crippen LogP contribution in [0, 0.1) is 0 Å². The molecular weight excluding hydrogens is 382 g/mol. The number of ether oxygens (including phenoxy) is 2. The van der Waals surface area contributed by atoms with Crippen LogP contribution in [0.4, 0.5) is 0 Å². The molecule has 0 aliphatic carbocycles. The molecule has 1 atom stereocenters. The summed E-state index contributed by atoms with van der Waals surface area (Å²) in [5, 5.41) is 3.57. The van der Waals surface area contributed by atoms with Gasteiger partial charge in [0.15, 0.2) is 11.5 Å². The Morgan fingerprint density at radius 3 is 2.70 bits per heavy atom. The first-order valence-electron chi connectivity index (χ1n) is 10.8. The van der Waals surface area contributed by atoms with E-state index in [1.54, 1.807) is 14.2 Å². The molecule has 166 valence electrons. The van der Waals surface area contributed by atoms with Gasteiger partial charge in [-0.1, -0.05) is 24.9 Å². The van der Waals surface area contributed by atoms with E-state index < -0.39 is 0 Å². The lowest BCUT2D eigenvalue weighted by Gasteiger charge is -2.32. The second-order valence-electron chi connectivity index (χ2n) is 7.67. The van der Waals surface area contributed by atoms with E-state index in [9.17, 15) is 4.79 Å². The molecule has 1 aromatic rings. The summed E-state index contributed by atoms with van der Waals surface area (Å²) in [6.07, 6.45) is 7.05. The molecule has 0 aromatic heterocycles. The van der Waals surface area contributed by atoms with Crippen LogP contribution in [0.3, 0.4) is 0 Å². The number of unbranched alkanes of at least 4 members (excludes halogenated alkanes) is 3. The monoisotopic (exact) mass is 417 g/mol. The zero-order chi connectivity index (χ0) is 21.9. The van der Waals surface area contributed by atoms with Crippen LogP contribution in [0.25, 0.3) is 10.4 Å². The van der Waals surface area contributed by atoms with Crippen LogP contribution >= 0.6 is 0 Å². The molecule has 0 N–H and O–H groups in total. The van der Waals surface area contributed by atoms with Gasteiger partial charge in [-0.15, -0.1) is 0 Å². The maximum atomic E-state index is 13.4. The highest BCUT2D eigenvalue weighted by Gasteiger charge is 2.31. The number of azide groups is 1. The predicted molar refractivity (Wildman–Crippen MR) is 118 cm³/mol. The third kappa shape index (κ3) is 6.03. The summed E-state index contributed by atoms with van der Waals surface area (Å²) in [4.78, 5) is 20.3. The molecule has 1 saturated heterocycles. The van der Waals surface area contributed by atoms with E-state index in [-0.39, 0.29) is 12.1 Å². The minimum Gasteiger partial charge on any atom is -0.493 e. The number of likely N-dealkylation sites (tertiary alicyclic amines) is 1.